The molecule has 0 bridgehead atoms. The van der Waals surface area contributed by atoms with Gasteiger partial charge in [-0.05, 0) is 47.8 Å². The lowest BCUT2D eigenvalue weighted by Crippen LogP contribution is -2.21. The number of hydrogen-bond donors (Lipinski definition) is 0. The van der Waals surface area contributed by atoms with E-state index in [0.29, 0.717) is 23.0 Å². The summed E-state index contributed by atoms with van der Waals surface area (Å²) in [5.41, 5.74) is 1.43. The summed E-state index contributed by atoms with van der Waals surface area (Å²) >= 11 is 1.58. The van der Waals surface area contributed by atoms with Crippen molar-refractivity contribution in [1.29, 1.82) is 0 Å². The normalized spacial score (nSPS) is 10.7. The highest BCUT2D eigenvalue weighted by Crippen LogP contribution is 2.31. The van der Waals surface area contributed by atoms with Crippen LogP contribution in [0.3, 0.4) is 0 Å². The molecule has 2 aromatic heterocycles. The Hall–Kier alpha value is -3.25. The topological polar surface area (TPSA) is 55.3 Å². The molecule has 2 aromatic carbocycles. The van der Waals surface area contributed by atoms with Gasteiger partial charge < -0.3 is 9.64 Å². The third-order valence-corrected chi connectivity index (χ3v) is 4.90. The van der Waals surface area contributed by atoms with Crippen LogP contribution in [0.2, 0.25) is 0 Å². The molecule has 1 amide bonds. The predicted octanol–water partition coefficient (Wildman–Crippen LogP) is 4.85. The Morgan fingerprint density at radius 2 is 1.74 bits per heavy atom. The van der Waals surface area contributed by atoms with Gasteiger partial charge in [-0.3, -0.25) is 4.79 Å². The molecule has 0 radical (unpaired) electrons. The Labute approximate surface area is 160 Å². The van der Waals surface area contributed by atoms with Crippen LogP contribution >= 0.6 is 11.3 Å². The van der Waals surface area contributed by atoms with Crippen molar-refractivity contribution < 1.29 is 9.53 Å². The molecular formula is C21H17N3O2S. The number of aromatic nitrogens is 2. The van der Waals surface area contributed by atoms with Crippen LogP contribution in [-0.4, -0.2) is 34.9 Å². The van der Waals surface area contributed by atoms with Gasteiger partial charge in [0.1, 0.15) is 5.75 Å². The summed E-state index contributed by atoms with van der Waals surface area (Å²) in [7, 11) is 3.46. The van der Waals surface area contributed by atoms with Crippen molar-refractivity contribution in [3.8, 4) is 22.3 Å². The molecule has 0 saturated carbocycles. The van der Waals surface area contributed by atoms with Crippen LogP contribution < -0.4 is 4.74 Å². The molecule has 4 aromatic rings. The Bertz CT molecular complexity index is 1090. The zero-order chi connectivity index (χ0) is 18.8. The molecule has 0 saturated heterocycles. The lowest BCUT2D eigenvalue weighted by atomic mass is 10.2. The lowest BCUT2D eigenvalue weighted by molar-refractivity contribution is 0.0827. The van der Waals surface area contributed by atoms with E-state index in [1.807, 2.05) is 41.8 Å². The fraction of sp³-hybridized carbons (Fsp3) is 0.0952. The number of amides is 1. The average molecular weight is 375 g/mol. The number of para-hydroxylation sites is 1. The van der Waals surface area contributed by atoms with Crippen molar-refractivity contribution in [2.24, 2.45) is 0 Å². The average Bonchev–Trinajstić information content (AvgIpc) is 3.23. The Morgan fingerprint density at radius 3 is 2.44 bits per heavy atom. The third kappa shape index (κ3) is 3.52. The first-order chi connectivity index (χ1) is 13.1. The number of benzene rings is 2. The second kappa shape index (κ2) is 7.17. The highest BCUT2D eigenvalue weighted by atomic mass is 32.1. The van der Waals surface area contributed by atoms with E-state index in [9.17, 15) is 4.79 Å². The minimum Gasteiger partial charge on any atom is -0.438 e. The molecule has 0 aliphatic carbocycles. The van der Waals surface area contributed by atoms with Crippen molar-refractivity contribution in [2.45, 2.75) is 0 Å². The number of carbonyl (C=O) groups excluding carboxylic acids is 1. The number of nitrogens with zero attached hydrogens (tertiary/aromatic N) is 3. The summed E-state index contributed by atoms with van der Waals surface area (Å²) in [6.07, 6.45) is 0. The van der Waals surface area contributed by atoms with Crippen molar-refractivity contribution in [3.05, 3.63) is 71.6 Å². The molecular weight excluding hydrogens is 358 g/mol. The van der Waals surface area contributed by atoms with E-state index in [-0.39, 0.29) is 5.91 Å². The molecule has 0 unspecified atom stereocenters. The first kappa shape index (κ1) is 17.2. The predicted molar refractivity (Wildman–Crippen MR) is 107 cm³/mol. The molecule has 0 aliphatic heterocycles. The van der Waals surface area contributed by atoms with E-state index < -0.39 is 0 Å². The zero-order valence-electron chi connectivity index (χ0n) is 14.9. The molecule has 0 N–H and O–H groups in total. The minimum atomic E-state index is -0.0472. The van der Waals surface area contributed by atoms with Crippen LogP contribution in [0.1, 0.15) is 10.4 Å². The lowest BCUT2D eigenvalue weighted by Gasteiger charge is -2.12. The second-order valence-corrected chi connectivity index (χ2v) is 7.12. The first-order valence-electron chi connectivity index (χ1n) is 8.42. The summed E-state index contributed by atoms with van der Waals surface area (Å²) in [5, 5.41) is 2.83. The van der Waals surface area contributed by atoms with Crippen LogP contribution in [0.5, 0.6) is 11.6 Å². The van der Waals surface area contributed by atoms with E-state index in [1.165, 1.54) is 0 Å². The summed E-state index contributed by atoms with van der Waals surface area (Å²) < 4.78 is 6.05. The summed E-state index contributed by atoms with van der Waals surface area (Å²) in [4.78, 5) is 23.8. The van der Waals surface area contributed by atoms with E-state index in [4.69, 9.17) is 4.74 Å². The van der Waals surface area contributed by atoms with Gasteiger partial charge >= 0.3 is 0 Å². The van der Waals surface area contributed by atoms with Crippen LogP contribution in [0.15, 0.2) is 66.0 Å². The van der Waals surface area contributed by atoms with Gasteiger partial charge in [0.2, 0.25) is 5.88 Å². The number of thiophene rings is 1. The molecule has 27 heavy (non-hydrogen) atoms. The highest BCUT2D eigenvalue weighted by Gasteiger charge is 2.13. The number of fused-ring (bicyclic) bond motifs is 1. The minimum absolute atomic E-state index is 0.0472. The maximum atomic E-state index is 12.0. The molecule has 2 heterocycles. The van der Waals surface area contributed by atoms with Gasteiger partial charge in [0.25, 0.3) is 5.91 Å². The van der Waals surface area contributed by atoms with Crippen LogP contribution in [0.25, 0.3) is 21.6 Å². The summed E-state index contributed by atoms with van der Waals surface area (Å²) in [6, 6.07) is 18.8. The summed E-state index contributed by atoms with van der Waals surface area (Å²) in [6.45, 7) is 0. The van der Waals surface area contributed by atoms with Crippen molar-refractivity contribution in [2.75, 3.05) is 14.1 Å². The van der Waals surface area contributed by atoms with Crippen LogP contribution in [-0.2, 0) is 0 Å². The monoisotopic (exact) mass is 375 g/mol. The third-order valence-electron chi connectivity index (χ3n) is 4.03. The maximum absolute atomic E-state index is 12.0. The quantitative estimate of drug-likeness (QED) is 0.511. The number of carbonyl (C=O) groups is 1. The molecule has 0 fully saturated rings. The van der Waals surface area contributed by atoms with Gasteiger partial charge in [-0.15, -0.1) is 11.3 Å². The Morgan fingerprint density at radius 1 is 0.963 bits per heavy atom. The molecule has 134 valence electrons. The van der Waals surface area contributed by atoms with Gasteiger partial charge in [-0.25, -0.2) is 4.98 Å². The number of ether oxygens (including phenoxy) is 1. The molecule has 0 atom stereocenters. The maximum Gasteiger partial charge on any atom is 0.253 e. The Kier molecular flexibility index (Phi) is 4.56. The number of hydrogen-bond acceptors (Lipinski definition) is 5. The van der Waals surface area contributed by atoms with Crippen molar-refractivity contribution in [1.82, 2.24) is 14.9 Å². The van der Waals surface area contributed by atoms with E-state index in [2.05, 4.69) is 9.97 Å². The number of rotatable bonds is 4. The smallest absolute Gasteiger partial charge is 0.253 e. The van der Waals surface area contributed by atoms with Gasteiger partial charge in [-0.2, -0.15) is 4.98 Å². The second-order valence-electron chi connectivity index (χ2n) is 6.17. The Balaban J connectivity index is 1.72. The van der Waals surface area contributed by atoms with Crippen molar-refractivity contribution >= 4 is 28.1 Å². The van der Waals surface area contributed by atoms with E-state index in [1.54, 1.807) is 54.6 Å². The SMILES string of the molecule is CN(C)C(=O)c1ccc(Oc2nc(-c3cccs3)nc3ccccc23)cc1. The zero-order valence-corrected chi connectivity index (χ0v) is 15.7. The van der Waals surface area contributed by atoms with E-state index >= 15 is 0 Å². The van der Waals surface area contributed by atoms with Gasteiger partial charge in [-0.1, -0.05) is 18.2 Å². The van der Waals surface area contributed by atoms with Crippen LogP contribution in [0, 0.1) is 0 Å². The van der Waals surface area contributed by atoms with Gasteiger partial charge in [0, 0.05) is 19.7 Å². The fourth-order valence-electron chi connectivity index (χ4n) is 2.68. The summed E-state index contributed by atoms with van der Waals surface area (Å²) in [5.74, 6) is 1.70. The van der Waals surface area contributed by atoms with Crippen LogP contribution in [0.4, 0.5) is 0 Å². The molecule has 0 spiro atoms. The fourth-order valence-corrected chi connectivity index (χ4v) is 3.33. The van der Waals surface area contributed by atoms with Gasteiger partial charge in [0.15, 0.2) is 5.82 Å². The molecule has 6 heteroatoms. The van der Waals surface area contributed by atoms with Gasteiger partial charge in [0.05, 0.1) is 15.8 Å². The molecule has 0 aliphatic rings. The first-order valence-corrected chi connectivity index (χ1v) is 9.30. The molecule has 4 rings (SSSR count). The standard InChI is InChI=1S/C21H17N3O2S/c1-24(2)21(25)14-9-11-15(12-10-14)26-20-16-6-3-4-7-17(16)22-19(23-20)18-8-5-13-27-18/h3-13H,1-2H3. The highest BCUT2D eigenvalue weighted by molar-refractivity contribution is 7.13. The van der Waals surface area contributed by atoms with Crippen molar-refractivity contribution in [3.63, 3.8) is 0 Å². The molecule has 5 nitrogen and oxygen atoms in total. The largest absolute Gasteiger partial charge is 0.438 e. The van der Waals surface area contributed by atoms with E-state index in [0.717, 1.165) is 15.8 Å².